The number of hydrogen-bond donors (Lipinski definition) is 1. The first kappa shape index (κ1) is 13.4. The van der Waals surface area contributed by atoms with Crippen molar-refractivity contribution in [3.63, 3.8) is 0 Å². The Labute approximate surface area is 121 Å². The Kier molecular flexibility index (Phi) is 4.31. The van der Waals surface area contributed by atoms with E-state index >= 15 is 0 Å². The Morgan fingerprint density at radius 3 is 2.56 bits per heavy atom. The zero-order chi connectivity index (χ0) is 13.1. The fourth-order valence-electron chi connectivity index (χ4n) is 1.93. The molecule has 0 saturated carbocycles. The lowest BCUT2D eigenvalue weighted by atomic mass is 10.1. The van der Waals surface area contributed by atoms with Crippen LogP contribution in [0.15, 0.2) is 46.9 Å². The molecule has 2 aromatic rings. The van der Waals surface area contributed by atoms with Crippen molar-refractivity contribution in [3.05, 3.63) is 63.1 Å². The maximum Gasteiger partial charge on any atom is 0.0500 e. The fourth-order valence-corrected chi connectivity index (χ4v) is 2.70. The number of halogens is 2. The van der Waals surface area contributed by atoms with E-state index in [1.165, 1.54) is 5.56 Å². The van der Waals surface area contributed by atoms with Crippen LogP contribution in [0.25, 0.3) is 0 Å². The minimum Gasteiger partial charge on any atom is -0.378 e. The maximum atomic E-state index is 6.20. The summed E-state index contributed by atoms with van der Waals surface area (Å²) >= 11 is 9.67. The van der Waals surface area contributed by atoms with Crippen LogP contribution in [0, 0.1) is 6.92 Å². The smallest absolute Gasteiger partial charge is 0.0500 e. The minimum atomic E-state index is 0.179. The third-order valence-corrected chi connectivity index (χ3v) is 3.77. The summed E-state index contributed by atoms with van der Waals surface area (Å²) in [4.78, 5) is 0. The molecule has 1 N–H and O–H groups in total. The zero-order valence-electron chi connectivity index (χ0n) is 10.4. The lowest BCUT2D eigenvalue weighted by molar-refractivity contribution is 0.883. The van der Waals surface area contributed by atoms with Crippen LogP contribution in [0.1, 0.15) is 24.1 Å². The SMILES string of the molecule is Cc1cc(Br)ccc1NC(C)c1ccccc1Cl. The quantitative estimate of drug-likeness (QED) is 0.776. The molecule has 0 heterocycles. The number of anilines is 1. The number of nitrogens with one attached hydrogen (secondary N) is 1. The molecule has 0 aliphatic heterocycles. The van der Waals surface area contributed by atoms with Crippen molar-refractivity contribution < 1.29 is 0 Å². The molecule has 0 aliphatic carbocycles. The molecule has 94 valence electrons. The highest BCUT2D eigenvalue weighted by Gasteiger charge is 2.09. The van der Waals surface area contributed by atoms with Gasteiger partial charge in [0.25, 0.3) is 0 Å². The molecule has 0 spiro atoms. The first-order chi connectivity index (χ1) is 8.58. The first-order valence-electron chi connectivity index (χ1n) is 5.85. The second-order valence-corrected chi connectivity index (χ2v) is 5.67. The van der Waals surface area contributed by atoms with Gasteiger partial charge in [-0.3, -0.25) is 0 Å². The average molecular weight is 325 g/mol. The molecule has 0 bridgehead atoms. The lowest BCUT2D eigenvalue weighted by Crippen LogP contribution is -2.08. The van der Waals surface area contributed by atoms with Gasteiger partial charge in [0.1, 0.15) is 0 Å². The molecule has 1 nitrogen and oxygen atoms in total. The monoisotopic (exact) mass is 323 g/mol. The molecule has 0 radical (unpaired) electrons. The third-order valence-electron chi connectivity index (χ3n) is 2.93. The van der Waals surface area contributed by atoms with E-state index in [4.69, 9.17) is 11.6 Å². The summed E-state index contributed by atoms with van der Waals surface area (Å²) in [5, 5.41) is 4.29. The normalized spacial score (nSPS) is 12.2. The lowest BCUT2D eigenvalue weighted by Gasteiger charge is -2.18. The molecule has 0 saturated heterocycles. The van der Waals surface area contributed by atoms with E-state index in [1.807, 2.05) is 30.3 Å². The molecule has 0 amide bonds. The van der Waals surface area contributed by atoms with Gasteiger partial charge in [-0.05, 0) is 49.2 Å². The number of rotatable bonds is 3. The fraction of sp³-hybridized carbons (Fsp3) is 0.200. The van der Waals surface area contributed by atoms with Gasteiger partial charge in [0, 0.05) is 21.2 Å². The summed E-state index contributed by atoms with van der Waals surface area (Å²) in [6.45, 7) is 4.20. The maximum absolute atomic E-state index is 6.20. The second-order valence-electron chi connectivity index (χ2n) is 4.35. The molecule has 0 fully saturated rings. The highest BCUT2D eigenvalue weighted by atomic mass is 79.9. The Hall–Kier alpha value is -0.990. The van der Waals surface area contributed by atoms with Crippen LogP contribution in [-0.4, -0.2) is 0 Å². The summed E-state index contributed by atoms with van der Waals surface area (Å²) in [5.74, 6) is 0. The highest BCUT2D eigenvalue weighted by molar-refractivity contribution is 9.10. The van der Waals surface area contributed by atoms with Crippen molar-refractivity contribution >= 4 is 33.2 Å². The van der Waals surface area contributed by atoms with Crippen molar-refractivity contribution in [1.82, 2.24) is 0 Å². The molecule has 1 atom stereocenters. The van der Waals surface area contributed by atoms with Crippen molar-refractivity contribution in [2.75, 3.05) is 5.32 Å². The van der Waals surface area contributed by atoms with Gasteiger partial charge in [-0.2, -0.15) is 0 Å². The summed E-state index contributed by atoms with van der Waals surface area (Å²) < 4.78 is 1.09. The molecule has 0 aromatic heterocycles. The van der Waals surface area contributed by atoms with Gasteiger partial charge in [-0.15, -0.1) is 0 Å². The van der Waals surface area contributed by atoms with Crippen LogP contribution < -0.4 is 5.32 Å². The number of aryl methyl sites for hydroxylation is 1. The average Bonchev–Trinajstić information content (AvgIpc) is 2.33. The van der Waals surface area contributed by atoms with Gasteiger partial charge < -0.3 is 5.32 Å². The van der Waals surface area contributed by atoms with E-state index in [2.05, 4.69) is 47.2 Å². The van der Waals surface area contributed by atoms with Crippen molar-refractivity contribution in [3.8, 4) is 0 Å². The van der Waals surface area contributed by atoms with Gasteiger partial charge in [-0.25, -0.2) is 0 Å². The predicted octanol–water partition coefficient (Wildman–Crippen LogP) is 5.58. The molecule has 2 aromatic carbocycles. The summed E-state index contributed by atoms with van der Waals surface area (Å²) in [6, 6.07) is 14.3. The highest BCUT2D eigenvalue weighted by Crippen LogP contribution is 2.28. The van der Waals surface area contributed by atoms with E-state index in [0.29, 0.717) is 0 Å². The van der Waals surface area contributed by atoms with Crippen LogP contribution in [0.3, 0.4) is 0 Å². The van der Waals surface area contributed by atoms with Crippen LogP contribution >= 0.6 is 27.5 Å². The summed E-state index contributed by atoms with van der Waals surface area (Å²) in [6.07, 6.45) is 0. The molecule has 1 unspecified atom stereocenters. The van der Waals surface area contributed by atoms with E-state index in [0.717, 1.165) is 20.7 Å². The number of benzene rings is 2. The van der Waals surface area contributed by atoms with Crippen LogP contribution in [0.2, 0.25) is 5.02 Å². The van der Waals surface area contributed by atoms with E-state index in [1.54, 1.807) is 0 Å². The van der Waals surface area contributed by atoms with Gasteiger partial charge >= 0.3 is 0 Å². The minimum absolute atomic E-state index is 0.179. The van der Waals surface area contributed by atoms with E-state index in [9.17, 15) is 0 Å². The predicted molar refractivity (Wildman–Crippen MR) is 82.4 cm³/mol. The van der Waals surface area contributed by atoms with E-state index in [-0.39, 0.29) is 6.04 Å². The number of hydrogen-bond acceptors (Lipinski definition) is 1. The van der Waals surface area contributed by atoms with Gasteiger partial charge in [-0.1, -0.05) is 45.7 Å². The molecular formula is C15H15BrClN. The third kappa shape index (κ3) is 3.06. The molecule has 18 heavy (non-hydrogen) atoms. The van der Waals surface area contributed by atoms with E-state index < -0.39 is 0 Å². The van der Waals surface area contributed by atoms with Crippen LogP contribution in [0.4, 0.5) is 5.69 Å². The molecule has 3 heteroatoms. The topological polar surface area (TPSA) is 12.0 Å². The van der Waals surface area contributed by atoms with Crippen molar-refractivity contribution in [2.45, 2.75) is 19.9 Å². The van der Waals surface area contributed by atoms with Gasteiger partial charge in [0.05, 0.1) is 0 Å². The first-order valence-corrected chi connectivity index (χ1v) is 7.02. The second kappa shape index (κ2) is 5.77. The van der Waals surface area contributed by atoms with Gasteiger partial charge in [0.2, 0.25) is 0 Å². The Morgan fingerprint density at radius 1 is 1.17 bits per heavy atom. The van der Waals surface area contributed by atoms with Crippen molar-refractivity contribution in [2.24, 2.45) is 0 Å². The Bertz CT molecular complexity index is 554. The molecule has 0 aliphatic rings. The van der Waals surface area contributed by atoms with Gasteiger partial charge in [0.15, 0.2) is 0 Å². The molecule has 2 rings (SSSR count). The van der Waals surface area contributed by atoms with Crippen LogP contribution in [0.5, 0.6) is 0 Å². The Balaban J connectivity index is 2.21. The Morgan fingerprint density at radius 2 is 1.89 bits per heavy atom. The summed E-state index contributed by atoms with van der Waals surface area (Å²) in [5.41, 5.74) is 3.45. The van der Waals surface area contributed by atoms with Crippen LogP contribution in [-0.2, 0) is 0 Å². The van der Waals surface area contributed by atoms with Crippen molar-refractivity contribution in [1.29, 1.82) is 0 Å². The molecular weight excluding hydrogens is 310 g/mol. The standard InChI is InChI=1S/C15H15BrClN/c1-10-9-12(16)7-8-15(10)18-11(2)13-5-3-4-6-14(13)17/h3-9,11,18H,1-2H3. The summed E-state index contributed by atoms with van der Waals surface area (Å²) in [7, 11) is 0. The largest absolute Gasteiger partial charge is 0.378 e. The zero-order valence-corrected chi connectivity index (χ0v) is 12.7.